The fraction of sp³-hybridized carbons (Fsp3) is 0.368. The number of anilines is 1. The van der Waals surface area contributed by atoms with Gasteiger partial charge >= 0.3 is 0 Å². The molecule has 2 aromatic carbocycles. The van der Waals surface area contributed by atoms with Gasteiger partial charge in [-0.05, 0) is 37.1 Å². The van der Waals surface area contributed by atoms with Crippen molar-refractivity contribution in [2.45, 2.75) is 23.8 Å². The van der Waals surface area contributed by atoms with Gasteiger partial charge in [-0.25, -0.2) is 17.5 Å². The molecule has 2 aromatic rings. The van der Waals surface area contributed by atoms with E-state index in [2.05, 4.69) is 4.72 Å². The average Bonchev–Trinajstić information content (AvgIpc) is 2.68. The van der Waals surface area contributed by atoms with Crippen LogP contribution >= 0.6 is 0 Å². The Morgan fingerprint density at radius 2 is 1.89 bits per heavy atom. The largest absolute Gasteiger partial charge is 0.486 e. The lowest BCUT2D eigenvalue weighted by atomic mass is 10.1. The van der Waals surface area contributed by atoms with Crippen LogP contribution in [0.3, 0.4) is 0 Å². The van der Waals surface area contributed by atoms with Crippen LogP contribution in [0.2, 0.25) is 0 Å². The van der Waals surface area contributed by atoms with E-state index in [1.54, 1.807) is 30.3 Å². The topological polar surface area (TPSA) is 67.9 Å². The molecule has 0 bridgehead atoms. The lowest BCUT2D eigenvalue weighted by Crippen LogP contribution is -2.48. The first kappa shape index (κ1) is 18.1. The highest BCUT2D eigenvalue weighted by Gasteiger charge is 2.30. The van der Waals surface area contributed by atoms with Crippen LogP contribution in [0.1, 0.15) is 12.8 Å². The van der Waals surface area contributed by atoms with Gasteiger partial charge in [0.1, 0.15) is 23.9 Å². The van der Waals surface area contributed by atoms with E-state index in [9.17, 15) is 12.8 Å². The zero-order valence-electron chi connectivity index (χ0n) is 14.7. The molecule has 0 aliphatic carbocycles. The van der Waals surface area contributed by atoms with Crippen molar-refractivity contribution in [3.05, 3.63) is 48.3 Å². The van der Waals surface area contributed by atoms with Crippen molar-refractivity contribution in [1.29, 1.82) is 0 Å². The normalized spacial score (nSPS) is 19.7. The number of halogens is 1. The number of rotatable bonds is 4. The van der Waals surface area contributed by atoms with Crippen molar-refractivity contribution in [2.75, 3.05) is 31.2 Å². The summed E-state index contributed by atoms with van der Waals surface area (Å²) in [6.07, 6.45) is 1.46. The van der Waals surface area contributed by atoms with Crippen LogP contribution in [-0.2, 0) is 10.0 Å². The van der Waals surface area contributed by atoms with Gasteiger partial charge in [-0.2, -0.15) is 0 Å². The smallest absolute Gasteiger partial charge is 0.244 e. The van der Waals surface area contributed by atoms with Crippen LogP contribution in [0.25, 0.3) is 0 Å². The molecule has 0 unspecified atom stereocenters. The number of benzene rings is 2. The Labute approximate surface area is 157 Å². The maximum atomic E-state index is 14.1. The number of fused-ring (bicyclic) bond motifs is 1. The lowest BCUT2D eigenvalue weighted by Gasteiger charge is -2.35. The third-order valence-corrected chi connectivity index (χ3v) is 6.30. The molecule has 0 radical (unpaired) electrons. The molecule has 144 valence electrons. The SMILES string of the molecule is O=S(=O)(N[C@@H]1CCCN(c2ccccc2F)C1)c1cccc2c1OCCO2. The molecule has 2 aliphatic heterocycles. The molecular weight excluding hydrogens is 371 g/mol. The van der Waals surface area contributed by atoms with E-state index in [1.807, 2.05) is 4.90 Å². The summed E-state index contributed by atoms with van der Waals surface area (Å²) in [6.45, 7) is 1.80. The number of nitrogens with one attached hydrogen (secondary N) is 1. The molecule has 0 spiro atoms. The molecular formula is C19H21FN2O4S. The minimum Gasteiger partial charge on any atom is -0.486 e. The van der Waals surface area contributed by atoms with Gasteiger partial charge in [0.15, 0.2) is 11.5 Å². The summed E-state index contributed by atoms with van der Waals surface area (Å²) >= 11 is 0. The first-order valence-electron chi connectivity index (χ1n) is 8.95. The van der Waals surface area contributed by atoms with Crippen LogP contribution in [0.4, 0.5) is 10.1 Å². The molecule has 1 atom stereocenters. The number of para-hydroxylation sites is 2. The predicted octanol–water partition coefficient (Wildman–Crippen LogP) is 2.54. The van der Waals surface area contributed by atoms with Gasteiger partial charge < -0.3 is 14.4 Å². The van der Waals surface area contributed by atoms with E-state index >= 15 is 0 Å². The van der Waals surface area contributed by atoms with Gasteiger partial charge in [-0.1, -0.05) is 18.2 Å². The summed E-state index contributed by atoms with van der Waals surface area (Å²) in [7, 11) is -3.79. The van der Waals surface area contributed by atoms with Crippen LogP contribution < -0.4 is 19.1 Å². The fourth-order valence-corrected chi connectivity index (χ4v) is 4.96. The van der Waals surface area contributed by atoms with Gasteiger partial charge in [0.05, 0.1) is 5.69 Å². The molecule has 4 rings (SSSR count). The highest BCUT2D eigenvalue weighted by atomic mass is 32.2. The van der Waals surface area contributed by atoms with Crippen molar-refractivity contribution in [1.82, 2.24) is 4.72 Å². The van der Waals surface area contributed by atoms with Crippen LogP contribution in [0, 0.1) is 5.82 Å². The van der Waals surface area contributed by atoms with E-state index in [1.165, 1.54) is 12.1 Å². The molecule has 2 aliphatic rings. The van der Waals surface area contributed by atoms with Gasteiger partial charge in [0.2, 0.25) is 10.0 Å². The quantitative estimate of drug-likeness (QED) is 0.866. The number of nitrogens with zero attached hydrogens (tertiary/aromatic N) is 1. The average molecular weight is 392 g/mol. The standard InChI is InChI=1S/C19H21FN2O4S/c20-15-6-1-2-7-16(15)22-10-4-5-14(13-22)21-27(23,24)18-9-3-8-17-19(18)26-12-11-25-17/h1-3,6-9,14,21H,4-5,10-13H2/t14-/m1/s1. The van der Waals surface area contributed by atoms with Gasteiger partial charge in [0.25, 0.3) is 0 Å². The molecule has 8 heteroatoms. The van der Waals surface area contributed by atoms with Gasteiger partial charge in [-0.15, -0.1) is 0 Å². The number of hydrogen-bond donors (Lipinski definition) is 1. The van der Waals surface area contributed by atoms with Crippen molar-refractivity contribution in [3.8, 4) is 11.5 Å². The zero-order chi connectivity index (χ0) is 18.9. The Bertz CT molecular complexity index is 935. The molecule has 1 N–H and O–H groups in total. The van der Waals surface area contributed by atoms with Crippen molar-refractivity contribution in [3.63, 3.8) is 0 Å². The second-order valence-corrected chi connectivity index (χ2v) is 8.32. The Morgan fingerprint density at radius 1 is 1.07 bits per heavy atom. The molecule has 0 amide bonds. The summed E-state index contributed by atoms with van der Waals surface area (Å²) in [5.41, 5.74) is 0.496. The molecule has 6 nitrogen and oxygen atoms in total. The number of hydrogen-bond acceptors (Lipinski definition) is 5. The molecule has 1 saturated heterocycles. The molecule has 0 aromatic heterocycles. The van der Waals surface area contributed by atoms with E-state index in [0.717, 1.165) is 6.42 Å². The van der Waals surface area contributed by atoms with E-state index in [4.69, 9.17) is 9.47 Å². The molecule has 27 heavy (non-hydrogen) atoms. The first-order chi connectivity index (χ1) is 13.0. The van der Waals surface area contributed by atoms with Crippen LogP contribution in [0.15, 0.2) is 47.4 Å². The maximum Gasteiger partial charge on any atom is 0.244 e. The highest BCUT2D eigenvalue weighted by molar-refractivity contribution is 7.89. The maximum absolute atomic E-state index is 14.1. The van der Waals surface area contributed by atoms with Crippen molar-refractivity contribution < 1.29 is 22.3 Å². The second-order valence-electron chi connectivity index (χ2n) is 6.64. The number of ether oxygens (including phenoxy) is 2. The Hall–Kier alpha value is -2.32. The molecule has 2 heterocycles. The monoisotopic (exact) mass is 392 g/mol. The Balaban J connectivity index is 1.54. The minimum absolute atomic E-state index is 0.0720. The summed E-state index contributed by atoms with van der Waals surface area (Å²) in [4.78, 5) is 1.95. The van der Waals surface area contributed by atoms with E-state index in [0.29, 0.717) is 44.2 Å². The summed E-state index contributed by atoms with van der Waals surface area (Å²) in [5, 5.41) is 0. The van der Waals surface area contributed by atoms with Gasteiger partial charge in [-0.3, -0.25) is 0 Å². The molecule has 1 fully saturated rings. The summed E-state index contributed by atoms with van der Waals surface area (Å²) in [6, 6.07) is 11.1. The fourth-order valence-electron chi connectivity index (χ4n) is 3.54. The van der Waals surface area contributed by atoms with Crippen molar-refractivity contribution >= 4 is 15.7 Å². The lowest BCUT2D eigenvalue weighted by molar-refractivity contribution is 0.167. The predicted molar refractivity (Wildman–Crippen MR) is 99.4 cm³/mol. The summed E-state index contributed by atoms with van der Waals surface area (Å²) < 4.78 is 53.7. The van der Waals surface area contributed by atoms with E-state index < -0.39 is 10.0 Å². The number of sulfonamides is 1. The Morgan fingerprint density at radius 3 is 2.74 bits per heavy atom. The number of piperidine rings is 1. The van der Waals surface area contributed by atoms with E-state index in [-0.39, 0.29) is 22.5 Å². The molecule has 0 saturated carbocycles. The third kappa shape index (κ3) is 3.72. The highest BCUT2D eigenvalue weighted by Crippen LogP contribution is 2.36. The van der Waals surface area contributed by atoms with Crippen molar-refractivity contribution in [2.24, 2.45) is 0 Å². The first-order valence-corrected chi connectivity index (χ1v) is 10.4. The van der Waals surface area contributed by atoms with Crippen LogP contribution in [0.5, 0.6) is 11.5 Å². The third-order valence-electron chi connectivity index (χ3n) is 4.76. The summed E-state index contributed by atoms with van der Waals surface area (Å²) in [5.74, 6) is 0.377. The van der Waals surface area contributed by atoms with Crippen LogP contribution in [-0.4, -0.2) is 40.8 Å². The minimum atomic E-state index is -3.79. The Kier molecular flexibility index (Phi) is 4.92. The second kappa shape index (κ2) is 7.36. The van der Waals surface area contributed by atoms with Gasteiger partial charge in [0, 0.05) is 19.1 Å². The zero-order valence-corrected chi connectivity index (χ0v) is 15.5.